The smallest absolute Gasteiger partial charge is 0.136 e. The molecule has 2 N–H and O–H groups in total. The Kier molecular flexibility index (Phi) is 2.38. The normalized spacial score (nSPS) is 20.7. The van der Waals surface area contributed by atoms with E-state index in [4.69, 9.17) is 5.73 Å². The zero-order valence-corrected chi connectivity index (χ0v) is 10.4. The predicted molar refractivity (Wildman–Crippen MR) is 68.4 cm³/mol. The molecule has 1 aromatic heterocycles. The number of anilines is 1. The molecular formula is C13H18N4. The molecule has 3 rings (SSSR count). The van der Waals surface area contributed by atoms with Crippen LogP contribution in [0.5, 0.6) is 0 Å². The molecule has 0 radical (unpaired) electrons. The van der Waals surface area contributed by atoms with Crippen molar-refractivity contribution in [3.8, 4) is 0 Å². The number of hydrogen-bond donors (Lipinski definition) is 1. The third-order valence-electron chi connectivity index (χ3n) is 3.36. The first-order valence-corrected chi connectivity index (χ1v) is 6.34. The number of aryl methyl sites for hydroxylation is 1. The van der Waals surface area contributed by atoms with Gasteiger partial charge in [0, 0.05) is 11.6 Å². The average Bonchev–Trinajstić information content (AvgIpc) is 3.12. The second kappa shape index (κ2) is 3.79. The first-order valence-electron chi connectivity index (χ1n) is 6.34. The molecule has 1 heterocycles. The van der Waals surface area contributed by atoms with E-state index in [-0.39, 0.29) is 0 Å². The minimum atomic E-state index is 0.511. The van der Waals surface area contributed by atoms with E-state index in [0.29, 0.717) is 17.8 Å². The maximum Gasteiger partial charge on any atom is 0.136 e. The van der Waals surface area contributed by atoms with Gasteiger partial charge in [0.2, 0.25) is 0 Å². The van der Waals surface area contributed by atoms with Gasteiger partial charge in [-0.25, -0.2) is 9.97 Å². The van der Waals surface area contributed by atoms with Crippen molar-refractivity contribution < 1.29 is 0 Å². The van der Waals surface area contributed by atoms with E-state index < -0.39 is 0 Å². The fraction of sp³-hybridized carbons (Fsp3) is 0.615. The second-order valence-electron chi connectivity index (χ2n) is 5.15. The van der Waals surface area contributed by atoms with Crippen LogP contribution in [0.15, 0.2) is 4.99 Å². The molecule has 0 aliphatic heterocycles. The summed E-state index contributed by atoms with van der Waals surface area (Å²) in [5.41, 5.74) is 8.96. The maximum atomic E-state index is 6.05. The second-order valence-corrected chi connectivity index (χ2v) is 5.15. The Balaban J connectivity index is 1.97. The first-order chi connectivity index (χ1) is 8.15. The molecule has 2 saturated carbocycles. The Morgan fingerprint density at radius 2 is 1.94 bits per heavy atom. The van der Waals surface area contributed by atoms with Gasteiger partial charge in [-0.1, -0.05) is 0 Å². The number of aromatic nitrogens is 2. The summed E-state index contributed by atoms with van der Waals surface area (Å²) < 4.78 is 0. The SMILES string of the molecule is CC(=NC1CC1)c1c(C)nc(C2CC2)nc1N. The van der Waals surface area contributed by atoms with E-state index in [9.17, 15) is 0 Å². The monoisotopic (exact) mass is 230 g/mol. The standard InChI is InChI=1S/C13H18N4/c1-7(15-10-5-6-10)11-8(2)16-13(9-3-4-9)17-12(11)14/h9-10H,3-6H2,1-2H3,(H2,14,16,17). The number of hydrogen-bond acceptors (Lipinski definition) is 4. The molecule has 17 heavy (non-hydrogen) atoms. The fourth-order valence-electron chi connectivity index (χ4n) is 2.13. The van der Waals surface area contributed by atoms with Crippen LogP contribution in [-0.2, 0) is 0 Å². The first kappa shape index (κ1) is 10.7. The van der Waals surface area contributed by atoms with Gasteiger partial charge in [-0.2, -0.15) is 0 Å². The Morgan fingerprint density at radius 1 is 1.24 bits per heavy atom. The summed E-state index contributed by atoms with van der Waals surface area (Å²) in [5, 5.41) is 0. The number of nitrogens with zero attached hydrogens (tertiary/aromatic N) is 3. The van der Waals surface area contributed by atoms with Crippen LogP contribution >= 0.6 is 0 Å². The van der Waals surface area contributed by atoms with Crippen LogP contribution in [0, 0.1) is 6.92 Å². The summed E-state index contributed by atoms with van der Waals surface area (Å²) in [5.74, 6) is 2.06. The van der Waals surface area contributed by atoms with Crippen LogP contribution in [0.4, 0.5) is 5.82 Å². The largest absolute Gasteiger partial charge is 0.383 e. The Hall–Kier alpha value is -1.45. The molecule has 4 nitrogen and oxygen atoms in total. The van der Waals surface area contributed by atoms with Crippen molar-refractivity contribution >= 4 is 11.5 Å². The molecule has 0 aromatic carbocycles. The zero-order valence-electron chi connectivity index (χ0n) is 10.4. The fourth-order valence-corrected chi connectivity index (χ4v) is 2.13. The molecule has 0 saturated heterocycles. The Labute approximate surface area is 101 Å². The third kappa shape index (κ3) is 2.16. The van der Waals surface area contributed by atoms with E-state index in [1.807, 2.05) is 13.8 Å². The molecular weight excluding hydrogens is 212 g/mol. The minimum Gasteiger partial charge on any atom is -0.383 e. The minimum absolute atomic E-state index is 0.511. The highest BCUT2D eigenvalue weighted by molar-refractivity contribution is 6.03. The lowest BCUT2D eigenvalue weighted by molar-refractivity contribution is 0.907. The maximum absolute atomic E-state index is 6.05. The number of nitrogens with two attached hydrogens (primary N) is 1. The van der Waals surface area contributed by atoms with Crippen LogP contribution < -0.4 is 5.73 Å². The molecule has 2 aliphatic rings. The molecule has 0 unspecified atom stereocenters. The van der Waals surface area contributed by atoms with Crippen molar-refractivity contribution in [3.05, 3.63) is 17.1 Å². The van der Waals surface area contributed by atoms with Crippen LogP contribution in [-0.4, -0.2) is 21.7 Å². The lowest BCUT2D eigenvalue weighted by Crippen LogP contribution is -2.11. The molecule has 0 spiro atoms. The zero-order chi connectivity index (χ0) is 12.0. The van der Waals surface area contributed by atoms with Crippen LogP contribution in [0.3, 0.4) is 0 Å². The van der Waals surface area contributed by atoms with E-state index in [1.165, 1.54) is 25.7 Å². The molecule has 2 fully saturated rings. The van der Waals surface area contributed by atoms with Crippen molar-refractivity contribution in [3.63, 3.8) is 0 Å². The van der Waals surface area contributed by atoms with Crippen LogP contribution in [0.2, 0.25) is 0 Å². The average molecular weight is 230 g/mol. The topological polar surface area (TPSA) is 64.2 Å². The highest BCUT2D eigenvalue weighted by Gasteiger charge is 2.28. The summed E-state index contributed by atoms with van der Waals surface area (Å²) in [7, 11) is 0. The van der Waals surface area contributed by atoms with Gasteiger partial charge in [0.25, 0.3) is 0 Å². The molecule has 2 aliphatic carbocycles. The summed E-state index contributed by atoms with van der Waals surface area (Å²) >= 11 is 0. The molecule has 4 heteroatoms. The van der Waals surface area contributed by atoms with E-state index in [2.05, 4.69) is 15.0 Å². The third-order valence-corrected chi connectivity index (χ3v) is 3.36. The van der Waals surface area contributed by atoms with Gasteiger partial charge >= 0.3 is 0 Å². The van der Waals surface area contributed by atoms with Gasteiger partial charge < -0.3 is 5.73 Å². The highest BCUT2D eigenvalue weighted by Crippen LogP contribution is 2.38. The van der Waals surface area contributed by atoms with Crippen molar-refractivity contribution in [2.75, 3.05) is 5.73 Å². The lowest BCUT2D eigenvalue weighted by atomic mass is 10.1. The lowest BCUT2D eigenvalue weighted by Gasteiger charge is -2.10. The highest BCUT2D eigenvalue weighted by atomic mass is 15.0. The summed E-state index contributed by atoms with van der Waals surface area (Å²) in [6, 6.07) is 0.511. The summed E-state index contributed by atoms with van der Waals surface area (Å²) in [4.78, 5) is 13.6. The Bertz CT molecular complexity index is 461. The van der Waals surface area contributed by atoms with Gasteiger partial charge in [-0.15, -0.1) is 0 Å². The van der Waals surface area contributed by atoms with Gasteiger partial charge in [0.15, 0.2) is 0 Å². The number of rotatable bonds is 3. The molecule has 1 aromatic rings. The van der Waals surface area contributed by atoms with E-state index in [1.54, 1.807) is 0 Å². The van der Waals surface area contributed by atoms with Crippen LogP contribution in [0.25, 0.3) is 0 Å². The van der Waals surface area contributed by atoms with Crippen molar-refractivity contribution in [2.45, 2.75) is 51.5 Å². The molecule has 90 valence electrons. The summed E-state index contributed by atoms with van der Waals surface area (Å²) in [6.07, 6.45) is 4.81. The van der Waals surface area contributed by atoms with Gasteiger partial charge in [-0.05, 0) is 39.5 Å². The predicted octanol–water partition coefficient (Wildman–Crippen LogP) is 2.22. The van der Waals surface area contributed by atoms with E-state index >= 15 is 0 Å². The Morgan fingerprint density at radius 3 is 2.47 bits per heavy atom. The van der Waals surface area contributed by atoms with Crippen molar-refractivity contribution in [2.24, 2.45) is 4.99 Å². The van der Waals surface area contributed by atoms with Gasteiger partial charge in [-0.3, -0.25) is 4.99 Å². The van der Waals surface area contributed by atoms with Gasteiger partial charge in [0.1, 0.15) is 11.6 Å². The summed E-state index contributed by atoms with van der Waals surface area (Å²) in [6.45, 7) is 4.02. The molecule has 0 bridgehead atoms. The number of nitrogen functional groups attached to an aromatic ring is 1. The molecule has 0 atom stereocenters. The number of aliphatic imine (C=N–C) groups is 1. The van der Waals surface area contributed by atoms with Gasteiger partial charge in [0.05, 0.1) is 17.3 Å². The van der Waals surface area contributed by atoms with Crippen LogP contribution in [0.1, 0.15) is 55.6 Å². The van der Waals surface area contributed by atoms with E-state index in [0.717, 1.165) is 22.8 Å². The molecule has 0 amide bonds. The van der Waals surface area contributed by atoms with Crippen molar-refractivity contribution in [1.82, 2.24) is 9.97 Å². The quantitative estimate of drug-likeness (QED) is 0.810. The van der Waals surface area contributed by atoms with Crippen molar-refractivity contribution in [1.29, 1.82) is 0 Å².